The highest BCUT2D eigenvalue weighted by Gasteiger charge is 2.37. The fourth-order valence-corrected chi connectivity index (χ4v) is 4.11. The van der Waals surface area contributed by atoms with Crippen molar-refractivity contribution in [3.63, 3.8) is 0 Å². The maximum Gasteiger partial charge on any atom is 0.322 e. The second-order valence-corrected chi connectivity index (χ2v) is 6.45. The summed E-state index contributed by atoms with van der Waals surface area (Å²) >= 11 is 0. The lowest BCUT2D eigenvalue weighted by Crippen LogP contribution is -2.45. The van der Waals surface area contributed by atoms with Crippen LogP contribution in [0.2, 0.25) is 0 Å². The molecule has 0 amide bonds. The number of hydrogen-bond acceptors (Lipinski definition) is 4. The molecule has 1 fully saturated rings. The second-order valence-electron chi connectivity index (χ2n) is 4.61. The van der Waals surface area contributed by atoms with Crippen LogP contribution in [0.15, 0.2) is 17.3 Å². The molecule has 0 aromatic carbocycles. The van der Waals surface area contributed by atoms with Gasteiger partial charge in [-0.2, -0.15) is 9.40 Å². The highest BCUT2D eigenvalue weighted by atomic mass is 32.2. The number of carboxylic acids is 1. The predicted octanol–water partition coefficient (Wildman–Crippen LogP) is 0.438. The van der Waals surface area contributed by atoms with Gasteiger partial charge in [-0.1, -0.05) is 12.8 Å². The highest BCUT2D eigenvalue weighted by Crippen LogP contribution is 2.24. The summed E-state index contributed by atoms with van der Waals surface area (Å²) in [6, 6.07) is 0.404. The van der Waals surface area contributed by atoms with Crippen LogP contribution in [-0.2, 0) is 21.9 Å². The number of rotatable bonds is 3. The van der Waals surface area contributed by atoms with Crippen molar-refractivity contribution in [2.45, 2.75) is 36.8 Å². The van der Waals surface area contributed by atoms with Crippen molar-refractivity contribution in [1.82, 2.24) is 14.1 Å². The van der Waals surface area contributed by atoms with Crippen molar-refractivity contribution in [3.05, 3.63) is 12.3 Å². The van der Waals surface area contributed by atoms with E-state index in [-0.39, 0.29) is 11.6 Å². The standard InChI is InChI=1S/C11H17N3O4S/c1-13-10(6-7-12-13)19(17,18)14-8-4-2-3-5-9(14)11(15)16/h6-7,9H,2-5,8H2,1H3,(H,15,16). The monoisotopic (exact) mass is 287 g/mol. The molecule has 1 aliphatic heterocycles. The number of aryl methyl sites for hydroxylation is 1. The first kappa shape index (κ1) is 14.0. The van der Waals surface area contributed by atoms with Crippen LogP contribution in [0.4, 0.5) is 0 Å². The van der Waals surface area contributed by atoms with Gasteiger partial charge in [0.25, 0.3) is 10.0 Å². The Labute approximate surface area is 111 Å². The van der Waals surface area contributed by atoms with Crippen molar-refractivity contribution >= 4 is 16.0 Å². The lowest BCUT2D eigenvalue weighted by atomic mass is 10.1. The van der Waals surface area contributed by atoms with Crippen molar-refractivity contribution in [2.75, 3.05) is 6.54 Å². The van der Waals surface area contributed by atoms with E-state index in [1.54, 1.807) is 0 Å². The number of nitrogens with zero attached hydrogens (tertiary/aromatic N) is 3. The van der Waals surface area contributed by atoms with E-state index in [2.05, 4.69) is 5.10 Å². The molecule has 1 N–H and O–H groups in total. The van der Waals surface area contributed by atoms with E-state index in [9.17, 15) is 18.3 Å². The second kappa shape index (κ2) is 5.30. The third kappa shape index (κ3) is 2.64. The summed E-state index contributed by atoms with van der Waals surface area (Å²) in [5.41, 5.74) is 0. The van der Waals surface area contributed by atoms with Crippen LogP contribution in [0, 0.1) is 0 Å². The number of carbonyl (C=O) groups is 1. The summed E-state index contributed by atoms with van der Waals surface area (Å²) in [7, 11) is -2.29. The molecule has 2 heterocycles. The normalized spacial score (nSPS) is 22.1. The van der Waals surface area contributed by atoms with Crippen LogP contribution >= 0.6 is 0 Å². The van der Waals surface area contributed by atoms with Gasteiger partial charge in [-0.15, -0.1) is 0 Å². The van der Waals surface area contributed by atoms with Gasteiger partial charge in [-0.25, -0.2) is 8.42 Å². The van der Waals surface area contributed by atoms with Crippen LogP contribution in [-0.4, -0.2) is 46.2 Å². The topological polar surface area (TPSA) is 92.5 Å². The van der Waals surface area contributed by atoms with Crippen LogP contribution in [0.25, 0.3) is 0 Å². The Hall–Kier alpha value is -1.41. The van der Waals surface area contributed by atoms with E-state index in [0.717, 1.165) is 17.1 Å². The summed E-state index contributed by atoms with van der Waals surface area (Å²) in [6.45, 7) is 0.241. The fraction of sp³-hybridized carbons (Fsp3) is 0.636. The quantitative estimate of drug-likeness (QED) is 0.870. The number of aliphatic carboxylic acids is 1. The Morgan fingerprint density at radius 2 is 2.16 bits per heavy atom. The molecule has 0 aliphatic carbocycles. The molecule has 19 heavy (non-hydrogen) atoms. The molecular weight excluding hydrogens is 270 g/mol. The molecule has 106 valence electrons. The molecule has 1 aromatic heterocycles. The van der Waals surface area contributed by atoms with Crippen LogP contribution in [0.1, 0.15) is 25.7 Å². The molecular formula is C11H17N3O4S. The van der Waals surface area contributed by atoms with Crippen molar-refractivity contribution in [1.29, 1.82) is 0 Å². The zero-order chi connectivity index (χ0) is 14.0. The van der Waals surface area contributed by atoms with Gasteiger partial charge in [0.05, 0.1) is 6.20 Å². The van der Waals surface area contributed by atoms with Gasteiger partial charge in [0.1, 0.15) is 6.04 Å². The summed E-state index contributed by atoms with van der Waals surface area (Å²) < 4.78 is 27.4. The SMILES string of the molecule is Cn1nccc1S(=O)(=O)N1CCCCCC1C(=O)O. The van der Waals surface area contributed by atoms with Gasteiger partial charge in [0.2, 0.25) is 0 Å². The lowest BCUT2D eigenvalue weighted by Gasteiger charge is -2.25. The largest absolute Gasteiger partial charge is 0.480 e. The molecule has 0 bridgehead atoms. The minimum absolute atomic E-state index is 0.0284. The number of aromatic nitrogens is 2. The predicted molar refractivity (Wildman–Crippen MR) is 67.0 cm³/mol. The van der Waals surface area contributed by atoms with E-state index in [1.807, 2.05) is 0 Å². The first-order valence-corrected chi connectivity index (χ1v) is 7.61. The van der Waals surface area contributed by atoms with Crippen LogP contribution < -0.4 is 0 Å². The molecule has 1 unspecified atom stereocenters. The van der Waals surface area contributed by atoms with Crippen LogP contribution in [0.3, 0.4) is 0 Å². The first-order valence-electron chi connectivity index (χ1n) is 6.17. The number of hydrogen-bond donors (Lipinski definition) is 1. The molecule has 1 aliphatic rings. The van der Waals surface area contributed by atoms with Gasteiger partial charge in [0, 0.05) is 13.6 Å². The Morgan fingerprint density at radius 1 is 1.42 bits per heavy atom. The van der Waals surface area contributed by atoms with E-state index < -0.39 is 22.0 Å². The highest BCUT2D eigenvalue weighted by molar-refractivity contribution is 7.89. The van der Waals surface area contributed by atoms with Gasteiger partial charge in [-0.05, 0) is 18.9 Å². The van der Waals surface area contributed by atoms with Crippen LogP contribution in [0.5, 0.6) is 0 Å². The summed E-state index contributed by atoms with van der Waals surface area (Å²) in [5, 5.41) is 13.1. The van der Waals surface area contributed by atoms with E-state index >= 15 is 0 Å². The molecule has 7 nitrogen and oxygen atoms in total. The third-order valence-corrected chi connectivity index (χ3v) is 5.32. The fourth-order valence-electron chi connectivity index (χ4n) is 2.35. The Balaban J connectivity index is 2.41. The van der Waals surface area contributed by atoms with Gasteiger partial charge >= 0.3 is 5.97 Å². The Morgan fingerprint density at radius 3 is 2.74 bits per heavy atom. The molecule has 1 aromatic rings. The molecule has 8 heteroatoms. The van der Waals surface area contributed by atoms with Gasteiger partial charge < -0.3 is 5.11 Å². The van der Waals surface area contributed by atoms with Crippen molar-refractivity contribution in [2.24, 2.45) is 7.05 Å². The number of carboxylic acid groups (broad SMARTS) is 1. The lowest BCUT2D eigenvalue weighted by molar-refractivity contribution is -0.141. The molecule has 0 saturated carbocycles. The smallest absolute Gasteiger partial charge is 0.322 e. The first-order chi connectivity index (χ1) is 8.94. The average molecular weight is 287 g/mol. The minimum Gasteiger partial charge on any atom is -0.480 e. The number of sulfonamides is 1. The summed E-state index contributed by atoms with van der Waals surface area (Å²) in [5.74, 6) is -1.09. The van der Waals surface area contributed by atoms with E-state index in [0.29, 0.717) is 12.8 Å². The molecule has 1 saturated heterocycles. The minimum atomic E-state index is -3.81. The molecule has 0 spiro atoms. The summed E-state index contributed by atoms with van der Waals surface area (Å²) in [4.78, 5) is 11.3. The van der Waals surface area contributed by atoms with Crippen molar-refractivity contribution < 1.29 is 18.3 Å². The zero-order valence-corrected chi connectivity index (χ0v) is 11.5. The Bertz CT molecular complexity index is 566. The average Bonchev–Trinajstić information content (AvgIpc) is 2.64. The zero-order valence-electron chi connectivity index (χ0n) is 10.7. The van der Waals surface area contributed by atoms with Gasteiger partial charge in [0.15, 0.2) is 5.03 Å². The molecule has 2 rings (SSSR count). The Kier molecular flexibility index (Phi) is 3.91. The van der Waals surface area contributed by atoms with E-state index in [1.165, 1.54) is 24.0 Å². The summed E-state index contributed by atoms with van der Waals surface area (Å²) in [6.07, 6.45) is 4.00. The molecule has 1 atom stereocenters. The van der Waals surface area contributed by atoms with E-state index in [4.69, 9.17) is 0 Å². The molecule has 0 radical (unpaired) electrons. The third-order valence-electron chi connectivity index (χ3n) is 3.34. The van der Waals surface area contributed by atoms with Gasteiger partial charge in [-0.3, -0.25) is 9.48 Å². The maximum absolute atomic E-state index is 12.5. The maximum atomic E-state index is 12.5. The van der Waals surface area contributed by atoms with Crippen molar-refractivity contribution in [3.8, 4) is 0 Å².